The quantitative estimate of drug-likeness (QED) is 0.665. The molecule has 118 valence electrons. The third-order valence-corrected chi connectivity index (χ3v) is 4.50. The number of para-hydroxylation sites is 2. The molecule has 4 rings (SSSR count). The fourth-order valence-corrected chi connectivity index (χ4v) is 3.17. The van der Waals surface area contributed by atoms with Crippen molar-refractivity contribution in [3.8, 4) is 0 Å². The van der Waals surface area contributed by atoms with Gasteiger partial charge in [0.2, 0.25) is 0 Å². The number of rotatable bonds is 3. The fraction of sp³-hybridized carbons (Fsp3) is 0. The summed E-state index contributed by atoms with van der Waals surface area (Å²) in [5, 5.41) is 9.87. The number of hydrogen-bond donors (Lipinski definition) is 2. The maximum Gasteiger partial charge on any atom is 0.257 e. The van der Waals surface area contributed by atoms with Gasteiger partial charge in [-0.1, -0.05) is 30.3 Å². The second kappa shape index (κ2) is 5.98. The van der Waals surface area contributed by atoms with Crippen LogP contribution in [0.4, 0.5) is 17.2 Å². The van der Waals surface area contributed by atoms with Crippen molar-refractivity contribution in [1.29, 1.82) is 0 Å². The maximum absolute atomic E-state index is 12.4. The lowest BCUT2D eigenvalue weighted by Crippen LogP contribution is -2.13. The Morgan fingerprint density at radius 3 is 2.62 bits per heavy atom. The molecule has 0 bridgehead atoms. The lowest BCUT2D eigenvalue weighted by atomic mass is 10.1. The summed E-state index contributed by atoms with van der Waals surface area (Å²) >= 11 is 3.57. The molecule has 0 saturated heterocycles. The fourth-order valence-electron chi connectivity index (χ4n) is 2.69. The van der Waals surface area contributed by atoms with E-state index in [1.165, 1.54) is 0 Å². The average Bonchev–Trinajstić information content (AvgIpc) is 3.21. The van der Waals surface area contributed by atoms with Crippen molar-refractivity contribution >= 4 is 44.6 Å². The Morgan fingerprint density at radius 2 is 1.83 bits per heavy atom. The molecule has 3 aromatic rings. The highest BCUT2D eigenvalue weighted by atomic mass is 79.9. The molecule has 1 aliphatic rings. The van der Waals surface area contributed by atoms with Crippen LogP contribution in [0, 0.1) is 0 Å². The van der Waals surface area contributed by atoms with Gasteiger partial charge in [-0.05, 0) is 34.1 Å². The minimum absolute atomic E-state index is 0.118. The molecule has 1 aliphatic heterocycles. The van der Waals surface area contributed by atoms with E-state index in [2.05, 4.69) is 31.4 Å². The van der Waals surface area contributed by atoms with Crippen molar-refractivity contribution in [1.82, 2.24) is 10.2 Å². The van der Waals surface area contributed by atoms with Gasteiger partial charge in [0, 0.05) is 28.0 Å². The van der Waals surface area contributed by atoms with Crippen LogP contribution in [-0.2, 0) is 4.79 Å². The summed E-state index contributed by atoms with van der Waals surface area (Å²) in [6.07, 6.45) is 3.51. The minimum Gasteiger partial charge on any atom is -0.321 e. The number of carbonyl (C=O) groups excluding carboxylic acids is 1. The van der Waals surface area contributed by atoms with Gasteiger partial charge in [0.15, 0.2) is 0 Å². The predicted octanol–water partition coefficient (Wildman–Crippen LogP) is 4.30. The first-order chi connectivity index (χ1) is 11.7. The second-order valence-electron chi connectivity index (χ2n) is 5.31. The number of nitrogens with zero attached hydrogens (tertiary/aromatic N) is 2. The number of hydrogen-bond acceptors (Lipinski definition) is 3. The van der Waals surface area contributed by atoms with E-state index in [9.17, 15) is 4.79 Å². The van der Waals surface area contributed by atoms with Gasteiger partial charge < -0.3 is 10.2 Å². The summed E-state index contributed by atoms with van der Waals surface area (Å²) in [4.78, 5) is 14.3. The Kier molecular flexibility index (Phi) is 3.66. The summed E-state index contributed by atoms with van der Waals surface area (Å²) in [6.45, 7) is 0. The molecule has 0 spiro atoms. The van der Waals surface area contributed by atoms with Crippen molar-refractivity contribution in [3.05, 3.63) is 77.0 Å². The monoisotopic (exact) mass is 380 g/mol. The molecule has 6 heteroatoms. The third-order valence-electron chi connectivity index (χ3n) is 3.83. The summed E-state index contributed by atoms with van der Waals surface area (Å²) in [6, 6.07) is 17.3. The van der Waals surface area contributed by atoms with E-state index >= 15 is 0 Å². The van der Waals surface area contributed by atoms with Crippen molar-refractivity contribution < 1.29 is 4.79 Å². The Morgan fingerprint density at radius 1 is 1.04 bits per heavy atom. The van der Waals surface area contributed by atoms with E-state index in [1.807, 2.05) is 65.7 Å². The molecule has 2 N–H and O–H groups in total. The number of carbonyl (C=O) groups is 1. The molecular formula is C18H13BrN4O. The van der Waals surface area contributed by atoms with Crippen LogP contribution in [0.15, 0.2) is 71.5 Å². The molecule has 0 aliphatic carbocycles. The normalized spacial score (nSPS) is 14.5. The van der Waals surface area contributed by atoms with Crippen LogP contribution in [0.3, 0.4) is 0 Å². The van der Waals surface area contributed by atoms with Crippen molar-refractivity contribution in [2.75, 3.05) is 10.2 Å². The van der Waals surface area contributed by atoms with E-state index in [4.69, 9.17) is 0 Å². The van der Waals surface area contributed by atoms with Gasteiger partial charge in [0.1, 0.15) is 5.82 Å². The van der Waals surface area contributed by atoms with Crippen LogP contribution in [0.5, 0.6) is 0 Å². The van der Waals surface area contributed by atoms with E-state index in [1.54, 1.807) is 6.20 Å². The predicted molar refractivity (Wildman–Crippen MR) is 97.9 cm³/mol. The van der Waals surface area contributed by atoms with Gasteiger partial charge in [-0.2, -0.15) is 5.10 Å². The molecule has 0 saturated carbocycles. The first-order valence-corrected chi connectivity index (χ1v) is 8.19. The molecule has 0 unspecified atom stereocenters. The third kappa shape index (κ3) is 2.51. The van der Waals surface area contributed by atoms with E-state index in [0.717, 1.165) is 27.2 Å². The lowest BCUT2D eigenvalue weighted by Gasteiger charge is -2.20. The summed E-state index contributed by atoms with van der Waals surface area (Å²) in [7, 11) is 0. The Hall–Kier alpha value is -2.86. The van der Waals surface area contributed by atoms with Crippen LogP contribution in [0.25, 0.3) is 5.57 Å². The number of halogens is 1. The van der Waals surface area contributed by atoms with Crippen LogP contribution in [-0.4, -0.2) is 16.1 Å². The van der Waals surface area contributed by atoms with Crippen molar-refractivity contribution in [3.63, 3.8) is 0 Å². The zero-order valence-corrected chi connectivity index (χ0v) is 14.1. The Balaban J connectivity index is 1.87. The Bertz CT molecular complexity index is 934. The number of benzene rings is 2. The van der Waals surface area contributed by atoms with Gasteiger partial charge in [-0.3, -0.25) is 9.89 Å². The van der Waals surface area contributed by atoms with Gasteiger partial charge >= 0.3 is 0 Å². The van der Waals surface area contributed by atoms with Crippen molar-refractivity contribution in [2.45, 2.75) is 0 Å². The highest BCUT2D eigenvalue weighted by Crippen LogP contribution is 2.36. The minimum atomic E-state index is -0.118. The van der Waals surface area contributed by atoms with E-state index in [-0.39, 0.29) is 5.91 Å². The van der Waals surface area contributed by atoms with E-state index < -0.39 is 0 Å². The zero-order chi connectivity index (χ0) is 16.5. The zero-order valence-electron chi connectivity index (χ0n) is 12.5. The smallest absolute Gasteiger partial charge is 0.257 e. The molecule has 0 atom stereocenters. The summed E-state index contributed by atoms with van der Waals surface area (Å²) in [5.74, 6) is 0.652. The number of H-pyrrole nitrogens is 1. The van der Waals surface area contributed by atoms with E-state index in [0.29, 0.717) is 5.57 Å². The molecule has 1 amide bonds. The van der Waals surface area contributed by atoms with Gasteiger partial charge in [-0.25, -0.2) is 0 Å². The van der Waals surface area contributed by atoms with Crippen LogP contribution < -0.4 is 10.2 Å². The molecule has 24 heavy (non-hydrogen) atoms. The molecule has 2 heterocycles. The number of amides is 1. The van der Waals surface area contributed by atoms with Crippen LogP contribution in [0.2, 0.25) is 0 Å². The molecular weight excluding hydrogens is 368 g/mol. The highest BCUT2D eigenvalue weighted by molar-refractivity contribution is 9.10. The molecule has 0 radical (unpaired) electrons. The van der Waals surface area contributed by atoms with Crippen LogP contribution >= 0.6 is 15.9 Å². The Labute approximate surface area is 147 Å². The SMILES string of the molecule is O=C1Nc2ccccc2C1=CN(c1ccn[nH]1)c1ccccc1Br. The molecule has 0 fully saturated rings. The molecule has 2 aromatic carbocycles. The standard InChI is InChI=1S/C18H13BrN4O/c19-14-6-2-4-8-16(14)23(17-9-10-20-22-17)11-13-12-5-1-3-7-15(12)21-18(13)24/h1-11H,(H,20,22)(H,21,24). The van der Waals surface area contributed by atoms with Gasteiger partial charge in [0.25, 0.3) is 5.91 Å². The van der Waals surface area contributed by atoms with Gasteiger partial charge in [0.05, 0.1) is 17.5 Å². The number of aromatic nitrogens is 2. The molecule has 1 aromatic heterocycles. The summed E-state index contributed by atoms with van der Waals surface area (Å²) in [5.41, 5.74) is 3.23. The lowest BCUT2D eigenvalue weighted by molar-refractivity contribution is -0.110. The number of fused-ring (bicyclic) bond motifs is 1. The molecule has 5 nitrogen and oxygen atoms in total. The highest BCUT2D eigenvalue weighted by Gasteiger charge is 2.25. The average molecular weight is 381 g/mol. The first kappa shape index (κ1) is 14.7. The summed E-state index contributed by atoms with van der Waals surface area (Å²) < 4.78 is 0.920. The number of aromatic amines is 1. The van der Waals surface area contributed by atoms with Crippen molar-refractivity contribution in [2.24, 2.45) is 0 Å². The largest absolute Gasteiger partial charge is 0.321 e. The first-order valence-electron chi connectivity index (χ1n) is 7.40. The van der Waals surface area contributed by atoms with Crippen LogP contribution in [0.1, 0.15) is 5.56 Å². The number of anilines is 3. The van der Waals surface area contributed by atoms with Gasteiger partial charge in [-0.15, -0.1) is 0 Å². The maximum atomic E-state index is 12.4. The number of nitrogens with one attached hydrogen (secondary N) is 2. The second-order valence-corrected chi connectivity index (χ2v) is 6.16. The topological polar surface area (TPSA) is 61.0 Å².